The molecule has 0 aromatic heterocycles. The molecule has 1 saturated heterocycles. The molecule has 1 aliphatic heterocycles. The van der Waals surface area contributed by atoms with Crippen LogP contribution in [0.1, 0.15) is 51.4 Å². The maximum atomic E-state index is 9.65. The Labute approximate surface area is 99.0 Å². The first-order chi connectivity index (χ1) is 7.85. The minimum Gasteiger partial charge on any atom is -0.394 e. The van der Waals surface area contributed by atoms with Gasteiger partial charge in [-0.25, -0.2) is 0 Å². The van der Waals surface area contributed by atoms with E-state index in [0.717, 1.165) is 25.9 Å². The molecule has 0 amide bonds. The molecule has 3 heteroatoms. The van der Waals surface area contributed by atoms with Crippen molar-refractivity contribution in [1.82, 2.24) is 10.6 Å². The molecular weight excluding hydrogens is 200 g/mol. The van der Waals surface area contributed by atoms with Gasteiger partial charge in [-0.1, -0.05) is 25.7 Å². The molecule has 0 radical (unpaired) electrons. The van der Waals surface area contributed by atoms with E-state index in [-0.39, 0.29) is 5.54 Å². The quantitative estimate of drug-likeness (QED) is 0.638. The Morgan fingerprint density at radius 3 is 2.25 bits per heavy atom. The summed E-state index contributed by atoms with van der Waals surface area (Å²) >= 11 is 0. The van der Waals surface area contributed by atoms with Crippen LogP contribution in [-0.2, 0) is 0 Å². The highest BCUT2D eigenvalue weighted by molar-refractivity contribution is 4.94. The Morgan fingerprint density at radius 1 is 1.06 bits per heavy atom. The fourth-order valence-electron chi connectivity index (χ4n) is 3.11. The van der Waals surface area contributed by atoms with E-state index < -0.39 is 0 Å². The summed E-state index contributed by atoms with van der Waals surface area (Å²) in [6.07, 6.45) is 10.2. The standard InChI is InChI=1S/C13H26N2O/c16-11-13(7-9-14-10-8-13)15-12-5-3-1-2-4-6-12/h12,14-16H,1-11H2. The summed E-state index contributed by atoms with van der Waals surface area (Å²) in [6.45, 7) is 2.38. The lowest BCUT2D eigenvalue weighted by Crippen LogP contribution is -2.58. The molecule has 3 N–H and O–H groups in total. The average molecular weight is 226 g/mol. The van der Waals surface area contributed by atoms with Crippen molar-refractivity contribution in [2.24, 2.45) is 0 Å². The highest BCUT2D eigenvalue weighted by atomic mass is 16.3. The van der Waals surface area contributed by atoms with Crippen LogP contribution in [0.2, 0.25) is 0 Å². The number of aliphatic hydroxyl groups is 1. The summed E-state index contributed by atoms with van der Waals surface area (Å²) in [5.74, 6) is 0. The fraction of sp³-hybridized carbons (Fsp3) is 1.00. The number of nitrogens with one attached hydrogen (secondary N) is 2. The van der Waals surface area contributed by atoms with Crippen LogP contribution >= 0.6 is 0 Å². The van der Waals surface area contributed by atoms with E-state index in [9.17, 15) is 5.11 Å². The Kier molecular flexibility index (Phi) is 4.62. The molecule has 0 unspecified atom stereocenters. The Hall–Kier alpha value is -0.120. The van der Waals surface area contributed by atoms with Crippen molar-refractivity contribution in [3.05, 3.63) is 0 Å². The van der Waals surface area contributed by atoms with Gasteiger partial charge in [0.25, 0.3) is 0 Å². The van der Waals surface area contributed by atoms with Crippen LogP contribution in [-0.4, -0.2) is 36.4 Å². The first-order valence-corrected chi connectivity index (χ1v) is 6.94. The second kappa shape index (κ2) is 5.99. The summed E-state index contributed by atoms with van der Waals surface area (Å²) < 4.78 is 0. The van der Waals surface area contributed by atoms with Gasteiger partial charge in [0.1, 0.15) is 0 Å². The second-order valence-electron chi connectivity index (χ2n) is 5.52. The van der Waals surface area contributed by atoms with Crippen LogP contribution in [0, 0.1) is 0 Å². The molecule has 0 aromatic rings. The van der Waals surface area contributed by atoms with Crippen molar-refractivity contribution >= 4 is 0 Å². The summed E-state index contributed by atoms with van der Waals surface area (Å²) in [7, 11) is 0. The summed E-state index contributed by atoms with van der Waals surface area (Å²) in [5, 5.41) is 16.8. The minimum absolute atomic E-state index is 0.0141. The summed E-state index contributed by atoms with van der Waals surface area (Å²) in [4.78, 5) is 0. The molecule has 94 valence electrons. The molecule has 0 atom stereocenters. The van der Waals surface area contributed by atoms with E-state index in [1.807, 2.05) is 0 Å². The largest absolute Gasteiger partial charge is 0.394 e. The first kappa shape index (κ1) is 12.3. The van der Waals surface area contributed by atoms with Gasteiger partial charge in [0.15, 0.2) is 0 Å². The Balaban J connectivity index is 1.88. The highest BCUT2D eigenvalue weighted by Crippen LogP contribution is 2.23. The molecule has 0 aromatic carbocycles. The lowest BCUT2D eigenvalue weighted by Gasteiger charge is -2.40. The molecule has 0 spiro atoms. The second-order valence-corrected chi connectivity index (χ2v) is 5.52. The van der Waals surface area contributed by atoms with Gasteiger partial charge in [-0.05, 0) is 38.8 Å². The summed E-state index contributed by atoms with van der Waals surface area (Å²) in [6, 6.07) is 0.646. The van der Waals surface area contributed by atoms with Gasteiger partial charge in [0.2, 0.25) is 0 Å². The van der Waals surface area contributed by atoms with Crippen LogP contribution < -0.4 is 10.6 Å². The van der Waals surface area contributed by atoms with Gasteiger partial charge < -0.3 is 15.7 Å². The van der Waals surface area contributed by atoms with E-state index in [1.54, 1.807) is 0 Å². The van der Waals surface area contributed by atoms with Gasteiger partial charge in [0.05, 0.1) is 6.61 Å². The van der Waals surface area contributed by atoms with Crippen molar-refractivity contribution in [3.63, 3.8) is 0 Å². The van der Waals surface area contributed by atoms with Gasteiger partial charge in [-0.15, -0.1) is 0 Å². The lowest BCUT2D eigenvalue weighted by atomic mass is 9.87. The molecule has 1 saturated carbocycles. The number of hydrogen-bond acceptors (Lipinski definition) is 3. The van der Waals surface area contributed by atoms with Crippen LogP contribution in [0.3, 0.4) is 0 Å². The van der Waals surface area contributed by atoms with Crippen molar-refractivity contribution < 1.29 is 5.11 Å². The highest BCUT2D eigenvalue weighted by Gasteiger charge is 2.33. The van der Waals surface area contributed by atoms with Crippen molar-refractivity contribution in [2.45, 2.75) is 62.9 Å². The van der Waals surface area contributed by atoms with E-state index in [1.165, 1.54) is 38.5 Å². The molecule has 1 aliphatic carbocycles. The summed E-state index contributed by atoms with van der Waals surface area (Å²) in [5.41, 5.74) is 0.0141. The monoisotopic (exact) mass is 226 g/mol. The van der Waals surface area contributed by atoms with Crippen LogP contribution in [0.4, 0.5) is 0 Å². The molecule has 1 heterocycles. The SMILES string of the molecule is OCC1(NC2CCCCCC2)CCNCC1. The van der Waals surface area contributed by atoms with Crippen molar-refractivity contribution in [3.8, 4) is 0 Å². The van der Waals surface area contributed by atoms with Gasteiger partial charge in [-0.3, -0.25) is 0 Å². The third-order valence-corrected chi connectivity index (χ3v) is 4.23. The van der Waals surface area contributed by atoms with Gasteiger partial charge in [-0.2, -0.15) is 0 Å². The van der Waals surface area contributed by atoms with Crippen LogP contribution in [0.15, 0.2) is 0 Å². The fourth-order valence-corrected chi connectivity index (χ4v) is 3.11. The zero-order valence-electron chi connectivity index (χ0n) is 10.3. The zero-order chi connectivity index (χ0) is 11.3. The van der Waals surface area contributed by atoms with Gasteiger partial charge >= 0.3 is 0 Å². The Bertz CT molecular complexity index is 194. The predicted octanol–water partition coefficient (Wildman–Crippen LogP) is 1.41. The van der Waals surface area contributed by atoms with Crippen molar-refractivity contribution in [1.29, 1.82) is 0 Å². The number of aliphatic hydroxyl groups excluding tert-OH is 1. The maximum Gasteiger partial charge on any atom is 0.0614 e. The minimum atomic E-state index is 0.0141. The predicted molar refractivity (Wildman–Crippen MR) is 66.5 cm³/mol. The molecule has 2 rings (SSSR count). The molecule has 3 nitrogen and oxygen atoms in total. The normalized spacial score (nSPS) is 27.6. The lowest BCUT2D eigenvalue weighted by molar-refractivity contribution is 0.111. The average Bonchev–Trinajstić information content (AvgIpc) is 2.59. The van der Waals surface area contributed by atoms with E-state index in [4.69, 9.17) is 0 Å². The van der Waals surface area contributed by atoms with E-state index in [0.29, 0.717) is 12.6 Å². The molecular formula is C13H26N2O. The smallest absolute Gasteiger partial charge is 0.0614 e. The van der Waals surface area contributed by atoms with Crippen LogP contribution in [0.5, 0.6) is 0 Å². The first-order valence-electron chi connectivity index (χ1n) is 6.94. The van der Waals surface area contributed by atoms with Crippen LogP contribution in [0.25, 0.3) is 0 Å². The maximum absolute atomic E-state index is 9.65. The third kappa shape index (κ3) is 3.19. The molecule has 2 aliphatic rings. The number of hydrogen-bond donors (Lipinski definition) is 3. The van der Waals surface area contributed by atoms with Gasteiger partial charge in [0, 0.05) is 11.6 Å². The van der Waals surface area contributed by atoms with E-state index >= 15 is 0 Å². The number of rotatable bonds is 3. The zero-order valence-corrected chi connectivity index (χ0v) is 10.3. The molecule has 2 fully saturated rings. The number of piperidine rings is 1. The molecule has 16 heavy (non-hydrogen) atoms. The topological polar surface area (TPSA) is 44.3 Å². The third-order valence-electron chi connectivity index (χ3n) is 4.23. The van der Waals surface area contributed by atoms with Crippen molar-refractivity contribution in [2.75, 3.05) is 19.7 Å². The Morgan fingerprint density at radius 2 is 1.69 bits per heavy atom. The van der Waals surface area contributed by atoms with E-state index in [2.05, 4.69) is 10.6 Å². The molecule has 0 bridgehead atoms.